The molecule has 1 aliphatic carbocycles. The lowest BCUT2D eigenvalue weighted by Crippen LogP contribution is -2.46. The van der Waals surface area contributed by atoms with Crippen LogP contribution in [0.3, 0.4) is 0 Å². The molecule has 1 fully saturated rings. The first-order valence-corrected chi connectivity index (χ1v) is 6.71. The van der Waals surface area contributed by atoms with E-state index in [-0.39, 0.29) is 17.9 Å². The first kappa shape index (κ1) is 15.2. The number of carboxylic acids is 1. The molecule has 1 amide bonds. The zero-order valence-corrected chi connectivity index (χ0v) is 11.7. The van der Waals surface area contributed by atoms with E-state index < -0.39 is 5.97 Å². The topological polar surface area (TPSA) is 97.8 Å². The molecule has 1 aliphatic rings. The third-order valence-corrected chi connectivity index (χ3v) is 3.36. The molecule has 2 N–H and O–H groups in total. The fraction of sp³-hybridized carbons (Fsp3) is 0.500. The van der Waals surface area contributed by atoms with Crippen molar-refractivity contribution in [1.82, 2.24) is 10.3 Å². The van der Waals surface area contributed by atoms with Gasteiger partial charge in [-0.2, -0.15) is 0 Å². The molecule has 7 nitrogen and oxygen atoms in total. The van der Waals surface area contributed by atoms with Crippen molar-refractivity contribution in [3.05, 3.63) is 23.9 Å². The average molecular weight is 294 g/mol. The molecule has 2 rings (SSSR count). The van der Waals surface area contributed by atoms with Crippen molar-refractivity contribution in [3.8, 4) is 5.88 Å². The van der Waals surface area contributed by atoms with Gasteiger partial charge in [-0.3, -0.25) is 9.59 Å². The fourth-order valence-electron chi connectivity index (χ4n) is 2.07. The number of nitrogens with zero attached hydrogens (tertiary/aromatic N) is 1. The van der Waals surface area contributed by atoms with Crippen LogP contribution in [0.2, 0.25) is 0 Å². The van der Waals surface area contributed by atoms with Crippen molar-refractivity contribution in [3.63, 3.8) is 0 Å². The number of amides is 1. The number of hydrogen-bond donors (Lipinski definition) is 2. The van der Waals surface area contributed by atoms with Gasteiger partial charge in [0.2, 0.25) is 5.88 Å². The van der Waals surface area contributed by atoms with Crippen LogP contribution in [0, 0.1) is 5.92 Å². The van der Waals surface area contributed by atoms with Gasteiger partial charge in [-0.1, -0.05) is 0 Å². The summed E-state index contributed by atoms with van der Waals surface area (Å²) in [6.45, 7) is 0.800. The zero-order chi connectivity index (χ0) is 15.2. The number of pyridine rings is 1. The molecule has 0 aromatic carbocycles. The molecule has 0 atom stereocenters. The second kappa shape index (κ2) is 7.03. The van der Waals surface area contributed by atoms with Crippen molar-refractivity contribution in [1.29, 1.82) is 0 Å². The fourth-order valence-corrected chi connectivity index (χ4v) is 2.07. The second-order valence-corrected chi connectivity index (χ2v) is 4.90. The van der Waals surface area contributed by atoms with Crippen molar-refractivity contribution in [2.24, 2.45) is 5.92 Å². The minimum absolute atomic E-state index is 0.0791. The highest BCUT2D eigenvalue weighted by atomic mass is 16.5. The standard InChI is InChI=1S/C14H18N2O5/c1-20-4-5-21-12-8-9(2-3-15-12)13(17)16-11-6-10(7-11)14(18)19/h2-3,8,10-11H,4-7H2,1H3,(H,16,17)(H,18,19). The Bertz CT molecular complexity index is 514. The summed E-state index contributed by atoms with van der Waals surface area (Å²) in [7, 11) is 1.57. The van der Waals surface area contributed by atoms with E-state index in [0.29, 0.717) is 37.5 Å². The molecule has 1 heterocycles. The predicted octanol–water partition coefficient (Wildman–Crippen LogP) is 0.700. The van der Waals surface area contributed by atoms with Crippen LogP contribution in [0.4, 0.5) is 0 Å². The van der Waals surface area contributed by atoms with Gasteiger partial charge in [0.25, 0.3) is 5.91 Å². The van der Waals surface area contributed by atoms with Gasteiger partial charge in [0.05, 0.1) is 12.5 Å². The number of ether oxygens (including phenoxy) is 2. The summed E-state index contributed by atoms with van der Waals surface area (Å²) in [5, 5.41) is 11.6. The van der Waals surface area contributed by atoms with E-state index in [1.807, 2.05) is 0 Å². The third-order valence-electron chi connectivity index (χ3n) is 3.36. The number of carbonyl (C=O) groups excluding carboxylic acids is 1. The molecule has 1 aromatic heterocycles. The highest BCUT2D eigenvalue weighted by Gasteiger charge is 2.35. The SMILES string of the molecule is COCCOc1cc(C(=O)NC2CC(C(=O)O)C2)ccn1. The smallest absolute Gasteiger partial charge is 0.306 e. The van der Waals surface area contributed by atoms with Crippen LogP contribution in [0.1, 0.15) is 23.2 Å². The molecule has 1 saturated carbocycles. The normalized spacial score (nSPS) is 20.4. The summed E-state index contributed by atoms with van der Waals surface area (Å²) in [4.78, 5) is 26.8. The van der Waals surface area contributed by atoms with E-state index in [1.54, 1.807) is 19.2 Å². The van der Waals surface area contributed by atoms with Crippen LogP contribution in [0.25, 0.3) is 0 Å². The van der Waals surface area contributed by atoms with E-state index in [0.717, 1.165) is 0 Å². The van der Waals surface area contributed by atoms with Crippen molar-refractivity contribution in [2.45, 2.75) is 18.9 Å². The molecular weight excluding hydrogens is 276 g/mol. The Labute approximate surface area is 122 Å². The summed E-state index contributed by atoms with van der Waals surface area (Å²) in [6, 6.07) is 3.06. The molecule has 7 heteroatoms. The molecular formula is C14H18N2O5. The molecule has 0 bridgehead atoms. The molecule has 1 aromatic rings. The predicted molar refractivity (Wildman–Crippen MR) is 73.2 cm³/mol. The van der Waals surface area contributed by atoms with E-state index in [9.17, 15) is 9.59 Å². The minimum Gasteiger partial charge on any atom is -0.481 e. The maximum atomic E-state index is 12.0. The van der Waals surface area contributed by atoms with Gasteiger partial charge in [0, 0.05) is 31.0 Å². The number of rotatable bonds is 7. The number of hydrogen-bond acceptors (Lipinski definition) is 5. The number of aliphatic carboxylic acids is 1. The van der Waals surface area contributed by atoms with Crippen LogP contribution in [-0.4, -0.2) is 48.3 Å². The lowest BCUT2D eigenvalue weighted by atomic mass is 9.80. The van der Waals surface area contributed by atoms with E-state index in [4.69, 9.17) is 14.6 Å². The summed E-state index contributed by atoms with van der Waals surface area (Å²) < 4.78 is 10.2. The lowest BCUT2D eigenvalue weighted by Gasteiger charge is -2.32. The number of nitrogens with one attached hydrogen (secondary N) is 1. The summed E-state index contributed by atoms with van der Waals surface area (Å²) in [5.74, 6) is -1.04. The van der Waals surface area contributed by atoms with Gasteiger partial charge < -0.3 is 19.9 Å². The van der Waals surface area contributed by atoms with Gasteiger partial charge >= 0.3 is 5.97 Å². The van der Waals surface area contributed by atoms with Crippen molar-refractivity contribution >= 4 is 11.9 Å². The van der Waals surface area contributed by atoms with Crippen LogP contribution in [0.5, 0.6) is 5.88 Å². The monoisotopic (exact) mass is 294 g/mol. The highest BCUT2D eigenvalue weighted by Crippen LogP contribution is 2.27. The first-order valence-electron chi connectivity index (χ1n) is 6.71. The second-order valence-electron chi connectivity index (χ2n) is 4.90. The molecule has 114 valence electrons. The van der Waals surface area contributed by atoms with Crippen molar-refractivity contribution in [2.75, 3.05) is 20.3 Å². The van der Waals surface area contributed by atoms with Crippen LogP contribution >= 0.6 is 0 Å². The largest absolute Gasteiger partial charge is 0.481 e. The Morgan fingerprint density at radius 1 is 1.43 bits per heavy atom. The average Bonchev–Trinajstić information content (AvgIpc) is 2.42. The molecule has 0 spiro atoms. The summed E-state index contributed by atoms with van der Waals surface area (Å²) in [6.07, 6.45) is 2.45. The van der Waals surface area contributed by atoms with E-state index in [2.05, 4.69) is 10.3 Å². The van der Waals surface area contributed by atoms with Crippen molar-refractivity contribution < 1.29 is 24.2 Å². The van der Waals surface area contributed by atoms with E-state index >= 15 is 0 Å². The maximum absolute atomic E-state index is 12.0. The van der Waals surface area contributed by atoms with Gasteiger partial charge in [-0.05, 0) is 18.9 Å². The van der Waals surface area contributed by atoms with Gasteiger partial charge in [0.1, 0.15) is 6.61 Å². The zero-order valence-electron chi connectivity index (χ0n) is 11.7. The van der Waals surface area contributed by atoms with Gasteiger partial charge in [-0.15, -0.1) is 0 Å². The molecule has 0 unspecified atom stereocenters. The molecule has 0 saturated heterocycles. The van der Waals surface area contributed by atoms with Crippen LogP contribution in [-0.2, 0) is 9.53 Å². The Kier molecular flexibility index (Phi) is 5.10. The Morgan fingerprint density at radius 3 is 2.86 bits per heavy atom. The van der Waals surface area contributed by atoms with Crippen LogP contribution in [0.15, 0.2) is 18.3 Å². The molecule has 0 radical (unpaired) electrons. The first-order chi connectivity index (χ1) is 10.1. The summed E-state index contributed by atoms with van der Waals surface area (Å²) >= 11 is 0. The minimum atomic E-state index is -0.807. The quantitative estimate of drug-likeness (QED) is 0.718. The molecule has 21 heavy (non-hydrogen) atoms. The Morgan fingerprint density at radius 2 is 2.19 bits per heavy atom. The Balaban J connectivity index is 1.85. The van der Waals surface area contributed by atoms with Gasteiger partial charge in [-0.25, -0.2) is 4.98 Å². The molecule has 0 aliphatic heterocycles. The maximum Gasteiger partial charge on any atom is 0.306 e. The number of methoxy groups -OCH3 is 1. The third kappa shape index (κ3) is 4.16. The lowest BCUT2D eigenvalue weighted by molar-refractivity contribution is -0.145. The Hall–Kier alpha value is -2.15. The van der Waals surface area contributed by atoms with Gasteiger partial charge in [0.15, 0.2) is 0 Å². The highest BCUT2D eigenvalue weighted by molar-refractivity contribution is 5.94. The number of aromatic nitrogens is 1. The number of carboxylic acid groups (broad SMARTS) is 1. The summed E-state index contributed by atoms with van der Waals surface area (Å²) in [5.41, 5.74) is 0.441. The van der Waals surface area contributed by atoms with E-state index in [1.165, 1.54) is 6.20 Å². The number of carbonyl (C=O) groups is 2. The van der Waals surface area contributed by atoms with Crippen LogP contribution < -0.4 is 10.1 Å².